The quantitative estimate of drug-likeness (QED) is 0.448. The summed E-state index contributed by atoms with van der Waals surface area (Å²) in [7, 11) is -2.23. The van der Waals surface area contributed by atoms with E-state index in [0.717, 1.165) is 6.26 Å². The van der Waals surface area contributed by atoms with E-state index in [1.54, 1.807) is 0 Å². The number of sulfone groups is 1. The molecule has 0 fully saturated rings. The van der Waals surface area contributed by atoms with Crippen molar-refractivity contribution in [3.63, 3.8) is 0 Å². The largest absolute Gasteiger partial charge is 0.464 e. The number of hydrogen-bond donors (Lipinski definition) is 0. The molecule has 0 unspecified atom stereocenters. The predicted octanol–water partition coefficient (Wildman–Crippen LogP) is 2.29. The molecule has 0 bridgehead atoms. The number of nitrogens with zero attached hydrogens (tertiary/aromatic N) is 1. The number of esters is 1. The van der Waals surface area contributed by atoms with Crippen LogP contribution >= 0.6 is 11.6 Å². The fourth-order valence-electron chi connectivity index (χ4n) is 1.50. The van der Waals surface area contributed by atoms with Crippen molar-refractivity contribution >= 4 is 33.1 Å². The molecule has 0 aliphatic heterocycles. The maximum Gasteiger partial charge on any atom is 0.360 e. The van der Waals surface area contributed by atoms with Crippen LogP contribution in [0, 0.1) is 5.92 Å². The van der Waals surface area contributed by atoms with Gasteiger partial charge in [-0.1, -0.05) is 36.7 Å². The minimum atomic E-state index is -3.45. The van der Waals surface area contributed by atoms with Gasteiger partial charge >= 0.3 is 5.97 Å². The first-order valence-corrected chi connectivity index (χ1v) is 8.72. The third-order valence-electron chi connectivity index (χ3n) is 2.55. The van der Waals surface area contributed by atoms with E-state index in [1.165, 1.54) is 25.3 Å². The maximum atomic E-state index is 11.8. The maximum absolute atomic E-state index is 11.8. The average molecular weight is 348 g/mol. The van der Waals surface area contributed by atoms with Crippen molar-refractivity contribution in [3.8, 4) is 0 Å². The van der Waals surface area contributed by atoms with Gasteiger partial charge in [0.1, 0.15) is 6.61 Å². The lowest BCUT2D eigenvalue weighted by atomic mass is 10.1. The first-order valence-electron chi connectivity index (χ1n) is 6.45. The fourth-order valence-corrected chi connectivity index (χ4v) is 2.83. The molecule has 1 aromatic carbocycles. The number of halogens is 1. The van der Waals surface area contributed by atoms with Crippen LogP contribution in [0.25, 0.3) is 0 Å². The van der Waals surface area contributed by atoms with Crippen LogP contribution in [-0.4, -0.2) is 40.1 Å². The Morgan fingerprint density at radius 2 is 2.00 bits per heavy atom. The molecular weight excluding hydrogens is 330 g/mol. The number of ether oxygens (including phenoxy) is 1. The summed E-state index contributed by atoms with van der Waals surface area (Å²) in [6.45, 7) is 4.20. The Bertz CT molecular complexity index is 682. The second kappa shape index (κ2) is 7.60. The van der Waals surface area contributed by atoms with Gasteiger partial charge in [-0.3, -0.25) is 0 Å². The van der Waals surface area contributed by atoms with Crippen molar-refractivity contribution in [2.45, 2.75) is 18.7 Å². The molecule has 0 aromatic heterocycles. The molecule has 22 heavy (non-hydrogen) atoms. The molecule has 0 saturated heterocycles. The van der Waals surface area contributed by atoms with E-state index in [9.17, 15) is 13.2 Å². The second-order valence-electron chi connectivity index (χ2n) is 5.04. The Morgan fingerprint density at radius 1 is 1.36 bits per heavy atom. The number of rotatable bonds is 6. The molecule has 0 amide bonds. The molecule has 0 aliphatic carbocycles. The molecule has 0 saturated carbocycles. The van der Waals surface area contributed by atoms with E-state index in [2.05, 4.69) is 9.89 Å². The van der Waals surface area contributed by atoms with Crippen molar-refractivity contribution in [2.24, 2.45) is 11.1 Å². The standard InChI is InChI=1S/C14H18ClNO5S/c1-9(2)8-21-16-13(14(17)20-3)10-5-6-12(11(15)7-10)22(4,18)19/h5-7,9H,8H2,1-4H3. The minimum absolute atomic E-state index is 0.000428. The van der Waals surface area contributed by atoms with Gasteiger partial charge in [-0.2, -0.15) is 0 Å². The lowest BCUT2D eigenvalue weighted by molar-refractivity contribution is -0.132. The molecule has 0 atom stereocenters. The van der Waals surface area contributed by atoms with Gasteiger partial charge in [0.25, 0.3) is 0 Å². The SMILES string of the molecule is COC(=O)C(=NOCC(C)C)c1ccc(S(C)(=O)=O)c(Cl)c1. The van der Waals surface area contributed by atoms with Gasteiger partial charge in [0, 0.05) is 11.8 Å². The van der Waals surface area contributed by atoms with Gasteiger partial charge in [-0.25, -0.2) is 13.2 Å². The number of hydrogen-bond acceptors (Lipinski definition) is 6. The summed E-state index contributed by atoms with van der Waals surface area (Å²) >= 11 is 5.96. The van der Waals surface area contributed by atoms with Gasteiger partial charge in [0.05, 0.1) is 17.0 Å². The molecule has 8 heteroatoms. The van der Waals surface area contributed by atoms with Gasteiger partial charge in [0.15, 0.2) is 15.5 Å². The molecule has 122 valence electrons. The normalized spacial score (nSPS) is 12.4. The molecule has 1 aromatic rings. The fraction of sp³-hybridized carbons (Fsp3) is 0.429. The highest BCUT2D eigenvalue weighted by Gasteiger charge is 2.19. The lowest BCUT2D eigenvalue weighted by Crippen LogP contribution is -2.18. The minimum Gasteiger partial charge on any atom is -0.464 e. The summed E-state index contributed by atoms with van der Waals surface area (Å²) in [5.41, 5.74) is 0.234. The number of methoxy groups -OCH3 is 1. The highest BCUT2D eigenvalue weighted by molar-refractivity contribution is 7.90. The highest BCUT2D eigenvalue weighted by Crippen LogP contribution is 2.23. The van der Waals surface area contributed by atoms with Crippen LogP contribution in [0.2, 0.25) is 5.02 Å². The summed E-state index contributed by atoms with van der Waals surface area (Å²) in [6, 6.07) is 4.08. The molecule has 6 nitrogen and oxygen atoms in total. The van der Waals surface area contributed by atoms with E-state index in [1.807, 2.05) is 13.8 Å². The van der Waals surface area contributed by atoms with Crippen molar-refractivity contribution in [2.75, 3.05) is 20.0 Å². The van der Waals surface area contributed by atoms with E-state index in [4.69, 9.17) is 16.4 Å². The molecule has 0 spiro atoms. The summed E-state index contributed by atoms with van der Waals surface area (Å²) in [5.74, 6) is -0.467. The van der Waals surface area contributed by atoms with Gasteiger partial charge in [-0.15, -0.1) is 0 Å². The Hall–Kier alpha value is -1.60. The first kappa shape index (κ1) is 18.4. The van der Waals surface area contributed by atoms with Crippen LogP contribution in [0.3, 0.4) is 0 Å². The monoisotopic (exact) mass is 347 g/mol. The number of carbonyl (C=O) groups is 1. The predicted molar refractivity (Wildman–Crippen MR) is 83.9 cm³/mol. The Kier molecular flexibility index (Phi) is 6.37. The molecule has 0 heterocycles. The molecule has 0 radical (unpaired) electrons. The highest BCUT2D eigenvalue weighted by atomic mass is 35.5. The third-order valence-corrected chi connectivity index (χ3v) is 4.13. The smallest absolute Gasteiger partial charge is 0.360 e. The van der Waals surface area contributed by atoms with Gasteiger partial charge in [-0.05, 0) is 18.1 Å². The zero-order valence-corrected chi connectivity index (χ0v) is 14.4. The molecule has 0 aliphatic rings. The zero-order chi connectivity index (χ0) is 16.9. The lowest BCUT2D eigenvalue weighted by Gasteiger charge is -2.08. The Morgan fingerprint density at radius 3 is 2.45 bits per heavy atom. The number of oxime groups is 1. The van der Waals surface area contributed by atoms with Crippen LogP contribution in [-0.2, 0) is 24.2 Å². The average Bonchev–Trinajstić information content (AvgIpc) is 2.41. The van der Waals surface area contributed by atoms with E-state index in [0.29, 0.717) is 12.2 Å². The van der Waals surface area contributed by atoms with Crippen LogP contribution in [0.15, 0.2) is 28.3 Å². The van der Waals surface area contributed by atoms with Crippen molar-refractivity contribution in [3.05, 3.63) is 28.8 Å². The van der Waals surface area contributed by atoms with Crippen molar-refractivity contribution in [1.29, 1.82) is 0 Å². The van der Waals surface area contributed by atoms with Crippen LogP contribution in [0.4, 0.5) is 0 Å². The molecule has 0 N–H and O–H groups in total. The molecule has 1 rings (SSSR count). The molecular formula is C14H18ClNO5S. The summed E-state index contributed by atoms with van der Waals surface area (Å²) in [6.07, 6.45) is 1.05. The van der Waals surface area contributed by atoms with Crippen LogP contribution in [0.1, 0.15) is 19.4 Å². The second-order valence-corrected chi connectivity index (χ2v) is 7.43. The summed E-state index contributed by atoms with van der Waals surface area (Å²) in [4.78, 5) is 16.9. The number of carbonyl (C=O) groups excluding carboxylic acids is 1. The summed E-state index contributed by atoms with van der Waals surface area (Å²) < 4.78 is 27.7. The van der Waals surface area contributed by atoms with Crippen molar-refractivity contribution in [1.82, 2.24) is 0 Å². The Balaban J connectivity index is 3.21. The van der Waals surface area contributed by atoms with Gasteiger partial charge in [0.2, 0.25) is 0 Å². The van der Waals surface area contributed by atoms with E-state index < -0.39 is 15.8 Å². The first-order chi connectivity index (χ1) is 10.2. The van der Waals surface area contributed by atoms with Crippen molar-refractivity contribution < 1.29 is 22.8 Å². The van der Waals surface area contributed by atoms with E-state index in [-0.39, 0.29) is 21.5 Å². The zero-order valence-electron chi connectivity index (χ0n) is 12.8. The van der Waals surface area contributed by atoms with Gasteiger partial charge < -0.3 is 9.57 Å². The topological polar surface area (TPSA) is 82.0 Å². The Labute approximate surface area is 135 Å². The third kappa shape index (κ3) is 4.99. The van der Waals surface area contributed by atoms with Crippen LogP contribution in [0.5, 0.6) is 0 Å². The summed E-state index contributed by atoms with van der Waals surface area (Å²) in [5, 5.41) is 3.77. The van der Waals surface area contributed by atoms with E-state index >= 15 is 0 Å². The van der Waals surface area contributed by atoms with Crippen LogP contribution < -0.4 is 0 Å². The number of benzene rings is 1.